The summed E-state index contributed by atoms with van der Waals surface area (Å²) in [5.41, 5.74) is 0.839. The van der Waals surface area contributed by atoms with Crippen LogP contribution in [0.4, 0.5) is 5.95 Å². The molecule has 0 aliphatic rings. The van der Waals surface area contributed by atoms with Crippen LogP contribution in [0.15, 0.2) is 6.20 Å². The van der Waals surface area contributed by atoms with Gasteiger partial charge in [0.25, 0.3) is 0 Å². The molecule has 0 radical (unpaired) electrons. The van der Waals surface area contributed by atoms with Gasteiger partial charge in [-0.05, 0) is 0 Å². The van der Waals surface area contributed by atoms with Gasteiger partial charge in [0.1, 0.15) is 0 Å². The van der Waals surface area contributed by atoms with Gasteiger partial charge in [0, 0.05) is 25.9 Å². The van der Waals surface area contributed by atoms with Crippen molar-refractivity contribution in [2.45, 2.75) is 0 Å². The maximum atomic E-state index is 4.03. The molecule has 0 saturated heterocycles. The normalized spacial score (nSPS) is 9.40. The minimum absolute atomic E-state index is 0.644. The highest BCUT2D eigenvalue weighted by atomic mass is 15.3. The zero-order chi connectivity index (χ0) is 7.56. The van der Waals surface area contributed by atoms with E-state index in [-0.39, 0.29) is 0 Å². The Kier molecular flexibility index (Phi) is 1.84. The Morgan fingerprint density at radius 1 is 1.40 bits per heavy atom. The Balaban J connectivity index is 2.89. The molecule has 0 spiro atoms. The van der Waals surface area contributed by atoms with Crippen molar-refractivity contribution in [3.05, 3.63) is 6.20 Å². The van der Waals surface area contributed by atoms with Crippen LogP contribution in [0.1, 0.15) is 0 Å². The van der Waals surface area contributed by atoms with Gasteiger partial charge < -0.3 is 4.90 Å². The first-order valence-corrected chi connectivity index (χ1v) is 3.04. The third kappa shape index (κ3) is 1.43. The van der Waals surface area contributed by atoms with E-state index in [0.717, 1.165) is 5.59 Å². The zero-order valence-corrected chi connectivity index (χ0v) is 6.37. The van der Waals surface area contributed by atoms with E-state index >= 15 is 0 Å². The van der Waals surface area contributed by atoms with Gasteiger partial charge in [-0.2, -0.15) is 5.10 Å². The Labute approximate surface area is 60.7 Å². The Morgan fingerprint density at radius 3 is 2.50 bits per heavy atom. The number of nitrogens with zero attached hydrogens (tertiary/aromatic N) is 4. The molecule has 5 heteroatoms. The van der Waals surface area contributed by atoms with Crippen LogP contribution >= 0.6 is 0 Å². The first-order valence-electron chi connectivity index (χ1n) is 3.04. The molecule has 52 valence electrons. The van der Waals surface area contributed by atoms with Gasteiger partial charge in [-0.1, -0.05) is 0 Å². The predicted octanol–water partition coefficient (Wildman–Crippen LogP) is -1.80. The fourth-order valence-electron chi connectivity index (χ4n) is 0.531. The average molecular weight is 136 g/mol. The number of anilines is 1. The molecule has 1 aromatic heterocycles. The van der Waals surface area contributed by atoms with Crippen molar-refractivity contribution in [3.63, 3.8) is 0 Å². The third-order valence-corrected chi connectivity index (χ3v) is 1.06. The number of aromatic nitrogens is 3. The summed E-state index contributed by atoms with van der Waals surface area (Å²) in [6, 6.07) is 0. The molecule has 0 aliphatic carbocycles. The molecule has 1 rings (SSSR count). The fourth-order valence-corrected chi connectivity index (χ4v) is 0.531. The van der Waals surface area contributed by atoms with Crippen LogP contribution in [0.5, 0.6) is 0 Å². The maximum Gasteiger partial charge on any atom is 0.244 e. The Bertz CT molecular complexity index is 207. The maximum absolute atomic E-state index is 4.03. The lowest BCUT2D eigenvalue weighted by molar-refractivity contribution is 0.923. The van der Waals surface area contributed by atoms with E-state index in [1.165, 1.54) is 0 Å². The summed E-state index contributed by atoms with van der Waals surface area (Å²) in [4.78, 5) is 5.84. The van der Waals surface area contributed by atoms with Gasteiger partial charge >= 0.3 is 0 Å². The van der Waals surface area contributed by atoms with Crippen LogP contribution in [0.25, 0.3) is 0 Å². The van der Waals surface area contributed by atoms with E-state index < -0.39 is 0 Å². The second-order valence-electron chi connectivity index (χ2n) is 2.29. The summed E-state index contributed by atoms with van der Waals surface area (Å²) in [5, 5.41) is 7.69. The van der Waals surface area contributed by atoms with Crippen LogP contribution in [-0.2, 0) is 0 Å². The molecule has 10 heavy (non-hydrogen) atoms. The van der Waals surface area contributed by atoms with Gasteiger partial charge in [-0.15, -0.1) is 5.10 Å². The minimum Gasteiger partial charge on any atom is -0.346 e. The van der Waals surface area contributed by atoms with Gasteiger partial charge in [0.05, 0.1) is 0 Å². The Morgan fingerprint density at radius 2 is 2.10 bits per heavy atom. The molecular weight excluding hydrogens is 127 g/mol. The van der Waals surface area contributed by atoms with Crippen molar-refractivity contribution < 1.29 is 0 Å². The topological polar surface area (TPSA) is 41.9 Å². The molecule has 1 heterocycles. The van der Waals surface area contributed by atoms with Crippen molar-refractivity contribution in [1.82, 2.24) is 15.2 Å². The van der Waals surface area contributed by atoms with Gasteiger partial charge in [-0.3, -0.25) is 0 Å². The largest absolute Gasteiger partial charge is 0.346 e. The van der Waals surface area contributed by atoms with Crippen molar-refractivity contribution in [3.8, 4) is 0 Å². The van der Waals surface area contributed by atoms with Crippen molar-refractivity contribution >= 4 is 19.4 Å². The molecule has 0 bridgehead atoms. The van der Waals surface area contributed by atoms with E-state index in [0.29, 0.717) is 5.95 Å². The highest BCUT2D eigenvalue weighted by molar-refractivity contribution is 6.30. The molecule has 0 amide bonds. The lowest BCUT2D eigenvalue weighted by Gasteiger charge is -2.07. The van der Waals surface area contributed by atoms with Gasteiger partial charge in [0.2, 0.25) is 5.95 Å². The van der Waals surface area contributed by atoms with Crippen LogP contribution in [0.3, 0.4) is 0 Å². The van der Waals surface area contributed by atoms with Crippen LogP contribution in [-0.4, -0.2) is 37.1 Å². The zero-order valence-electron chi connectivity index (χ0n) is 6.37. The molecular formula is C5H9BN4. The summed E-state index contributed by atoms with van der Waals surface area (Å²) < 4.78 is 0. The lowest BCUT2D eigenvalue weighted by Crippen LogP contribution is -2.18. The van der Waals surface area contributed by atoms with Gasteiger partial charge in [0.15, 0.2) is 7.85 Å². The molecule has 0 aromatic carbocycles. The molecule has 0 fully saturated rings. The molecule has 0 saturated carbocycles. The third-order valence-electron chi connectivity index (χ3n) is 1.06. The number of hydrogen-bond acceptors (Lipinski definition) is 4. The Hall–Kier alpha value is -1.13. The average Bonchev–Trinajstić information content (AvgIpc) is 1.88. The molecule has 0 aliphatic heterocycles. The second-order valence-corrected chi connectivity index (χ2v) is 2.29. The molecule has 1 aromatic rings. The molecule has 0 atom stereocenters. The molecule has 0 N–H and O–H groups in total. The van der Waals surface area contributed by atoms with E-state index in [9.17, 15) is 0 Å². The fraction of sp³-hybridized carbons (Fsp3) is 0.400. The monoisotopic (exact) mass is 136 g/mol. The standard InChI is InChI=1S/C5H9BN4/c1-10(2)5-7-3-4(6)8-9-5/h3H,6H2,1-2H3. The van der Waals surface area contributed by atoms with Gasteiger partial charge in [-0.25, -0.2) is 4.98 Å². The van der Waals surface area contributed by atoms with Crippen molar-refractivity contribution in [1.29, 1.82) is 0 Å². The number of hydrogen-bond donors (Lipinski definition) is 0. The predicted molar refractivity (Wildman–Crippen MR) is 42.3 cm³/mol. The van der Waals surface area contributed by atoms with Crippen molar-refractivity contribution in [2.75, 3.05) is 19.0 Å². The molecule has 0 unspecified atom stereocenters. The smallest absolute Gasteiger partial charge is 0.244 e. The van der Waals surface area contributed by atoms with Crippen LogP contribution < -0.4 is 10.5 Å². The highest BCUT2D eigenvalue weighted by Gasteiger charge is 1.95. The quantitative estimate of drug-likeness (QED) is 0.427. The first kappa shape index (κ1) is 6.99. The lowest BCUT2D eigenvalue weighted by atomic mass is 10.1. The summed E-state index contributed by atoms with van der Waals surface area (Å²) in [5.74, 6) is 0.644. The van der Waals surface area contributed by atoms with Crippen molar-refractivity contribution in [2.24, 2.45) is 0 Å². The van der Waals surface area contributed by atoms with Crippen LogP contribution in [0, 0.1) is 0 Å². The SMILES string of the molecule is Bc1cnc(N(C)C)nn1. The van der Waals surface area contributed by atoms with E-state index in [4.69, 9.17) is 0 Å². The number of rotatable bonds is 1. The van der Waals surface area contributed by atoms with E-state index in [1.54, 1.807) is 6.20 Å². The van der Waals surface area contributed by atoms with E-state index in [2.05, 4.69) is 15.2 Å². The highest BCUT2D eigenvalue weighted by Crippen LogP contribution is 1.93. The molecule has 4 nitrogen and oxygen atoms in total. The second kappa shape index (κ2) is 2.64. The summed E-state index contributed by atoms with van der Waals surface area (Å²) in [6.45, 7) is 0. The van der Waals surface area contributed by atoms with E-state index in [1.807, 2.05) is 26.8 Å². The minimum atomic E-state index is 0.644. The summed E-state index contributed by atoms with van der Waals surface area (Å²) >= 11 is 0. The summed E-state index contributed by atoms with van der Waals surface area (Å²) in [7, 11) is 5.62. The summed E-state index contributed by atoms with van der Waals surface area (Å²) in [6.07, 6.45) is 1.70. The van der Waals surface area contributed by atoms with Crippen LogP contribution in [0.2, 0.25) is 0 Å². The first-order chi connectivity index (χ1) is 4.70.